The lowest BCUT2D eigenvalue weighted by molar-refractivity contribution is 0.0691. The molecule has 0 amide bonds. The molecule has 6 heteroatoms. The Hall–Kier alpha value is -1.69. The monoisotopic (exact) mass is 225 g/mol. The molecule has 0 saturated carbocycles. The van der Waals surface area contributed by atoms with E-state index in [9.17, 15) is 4.79 Å². The van der Waals surface area contributed by atoms with Crippen molar-refractivity contribution in [2.24, 2.45) is 0 Å². The number of aromatic carboxylic acids is 1. The summed E-state index contributed by atoms with van der Waals surface area (Å²) < 4.78 is 5.21. The highest BCUT2D eigenvalue weighted by molar-refractivity contribution is 5.90. The maximum Gasteiger partial charge on any atom is 0.358 e. The first kappa shape index (κ1) is 12.4. The second-order valence-corrected chi connectivity index (χ2v) is 3.26. The van der Waals surface area contributed by atoms with Crippen LogP contribution in [-0.4, -0.2) is 40.3 Å². The van der Waals surface area contributed by atoms with Crippen LogP contribution >= 0.6 is 0 Å². The third kappa shape index (κ3) is 3.47. The minimum Gasteiger partial charge on any atom is -0.476 e. The topological polar surface area (TPSA) is 84.3 Å². The molecule has 1 aromatic heterocycles. The molecule has 0 aliphatic heterocycles. The highest BCUT2D eigenvalue weighted by Gasteiger charge is 2.14. The third-order valence-electron chi connectivity index (χ3n) is 1.86. The second kappa shape index (κ2) is 6.02. The number of aromatic nitrogens is 2. The molecule has 0 saturated heterocycles. The Bertz CT molecular complexity index is 357. The van der Waals surface area contributed by atoms with E-state index in [1.807, 2.05) is 13.8 Å². The molecule has 88 valence electrons. The molecule has 1 unspecified atom stereocenters. The number of carbonyl (C=O) groups is 1. The number of rotatable bonds is 6. The van der Waals surface area contributed by atoms with Crippen molar-refractivity contribution in [1.82, 2.24) is 9.97 Å². The van der Waals surface area contributed by atoms with Gasteiger partial charge in [0.1, 0.15) is 0 Å². The van der Waals surface area contributed by atoms with Gasteiger partial charge in [-0.25, -0.2) is 14.8 Å². The van der Waals surface area contributed by atoms with Crippen LogP contribution in [0, 0.1) is 0 Å². The average Bonchev–Trinajstić information content (AvgIpc) is 2.27. The van der Waals surface area contributed by atoms with Gasteiger partial charge >= 0.3 is 5.97 Å². The predicted molar refractivity (Wildman–Crippen MR) is 58.6 cm³/mol. The highest BCUT2D eigenvalue weighted by Crippen LogP contribution is 2.09. The molecule has 2 N–H and O–H groups in total. The maximum absolute atomic E-state index is 10.8. The number of ether oxygens (including phenoxy) is 1. The summed E-state index contributed by atoms with van der Waals surface area (Å²) in [5, 5.41) is 11.8. The lowest BCUT2D eigenvalue weighted by Crippen LogP contribution is -2.24. The van der Waals surface area contributed by atoms with Gasteiger partial charge in [-0.05, 0) is 13.8 Å². The zero-order valence-corrected chi connectivity index (χ0v) is 9.30. The summed E-state index contributed by atoms with van der Waals surface area (Å²) in [5.74, 6) is -0.832. The molecule has 0 fully saturated rings. The number of carboxylic acids is 1. The maximum atomic E-state index is 10.8. The van der Waals surface area contributed by atoms with E-state index >= 15 is 0 Å². The highest BCUT2D eigenvalue weighted by atomic mass is 16.5. The van der Waals surface area contributed by atoms with E-state index in [0.717, 1.165) is 0 Å². The second-order valence-electron chi connectivity index (χ2n) is 3.26. The molecule has 0 bridgehead atoms. The Morgan fingerprint density at radius 3 is 2.88 bits per heavy atom. The molecular weight excluding hydrogens is 210 g/mol. The minimum atomic E-state index is -1.10. The summed E-state index contributed by atoms with van der Waals surface area (Å²) in [5.41, 5.74) is -0.0779. The molecule has 16 heavy (non-hydrogen) atoms. The van der Waals surface area contributed by atoms with Crippen molar-refractivity contribution in [3.8, 4) is 0 Å². The first-order valence-electron chi connectivity index (χ1n) is 5.03. The van der Waals surface area contributed by atoms with Crippen LogP contribution < -0.4 is 5.32 Å². The van der Waals surface area contributed by atoms with Gasteiger partial charge in [0.2, 0.25) is 0 Å². The molecule has 0 aliphatic rings. The Kier molecular flexibility index (Phi) is 4.65. The summed E-state index contributed by atoms with van der Waals surface area (Å²) in [6, 6.07) is -0.0188. The lowest BCUT2D eigenvalue weighted by atomic mass is 10.3. The van der Waals surface area contributed by atoms with Gasteiger partial charge in [0.25, 0.3) is 0 Å². The van der Waals surface area contributed by atoms with Crippen molar-refractivity contribution < 1.29 is 14.6 Å². The molecule has 0 aromatic carbocycles. The SMILES string of the molecule is CCOCC(C)Nc1nccnc1C(=O)O. The first-order valence-corrected chi connectivity index (χ1v) is 5.03. The summed E-state index contributed by atoms with van der Waals surface area (Å²) >= 11 is 0. The molecule has 1 aromatic rings. The third-order valence-corrected chi connectivity index (χ3v) is 1.86. The zero-order valence-electron chi connectivity index (χ0n) is 9.30. The zero-order chi connectivity index (χ0) is 12.0. The Labute approximate surface area is 93.7 Å². The molecule has 0 radical (unpaired) electrons. The van der Waals surface area contributed by atoms with Gasteiger partial charge in [-0.3, -0.25) is 0 Å². The fourth-order valence-electron chi connectivity index (χ4n) is 1.17. The fourth-order valence-corrected chi connectivity index (χ4v) is 1.17. The van der Waals surface area contributed by atoms with Crippen molar-refractivity contribution in [3.63, 3.8) is 0 Å². The summed E-state index contributed by atoms with van der Waals surface area (Å²) in [6.45, 7) is 4.90. The number of hydrogen-bond acceptors (Lipinski definition) is 5. The Morgan fingerprint density at radius 2 is 2.25 bits per heavy atom. The van der Waals surface area contributed by atoms with Gasteiger partial charge in [0.05, 0.1) is 6.61 Å². The van der Waals surface area contributed by atoms with E-state index in [1.165, 1.54) is 12.4 Å². The number of nitrogens with one attached hydrogen (secondary N) is 1. The molecule has 0 aliphatic carbocycles. The fraction of sp³-hybridized carbons (Fsp3) is 0.500. The number of hydrogen-bond donors (Lipinski definition) is 2. The van der Waals surface area contributed by atoms with Crippen LogP contribution in [-0.2, 0) is 4.74 Å². The van der Waals surface area contributed by atoms with Crippen molar-refractivity contribution in [2.45, 2.75) is 19.9 Å². The normalized spacial score (nSPS) is 12.1. The first-order chi connectivity index (χ1) is 7.65. The lowest BCUT2D eigenvalue weighted by Gasteiger charge is -2.14. The van der Waals surface area contributed by atoms with E-state index in [1.54, 1.807) is 0 Å². The molecule has 1 atom stereocenters. The number of carboxylic acid groups (broad SMARTS) is 1. The van der Waals surface area contributed by atoms with Gasteiger partial charge in [-0.15, -0.1) is 0 Å². The molecular formula is C10H15N3O3. The van der Waals surface area contributed by atoms with Crippen LogP contribution in [0.3, 0.4) is 0 Å². The van der Waals surface area contributed by atoms with Crippen LogP contribution in [0.25, 0.3) is 0 Å². The van der Waals surface area contributed by atoms with Crippen LogP contribution in [0.15, 0.2) is 12.4 Å². The summed E-state index contributed by atoms with van der Waals surface area (Å²) in [4.78, 5) is 18.5. The van der Waals surface area contributed by atoms with Crippen molar-refractivity contribution in [3.05, 3.63) is 18.1 Å². The Morgan fingerprint density at radius 1 is 1.56 bits per heavy atom. The van der Waals surface area contributed by atoms with Gasteiger partial charge in [-0.2, -0.15) is 0 Å². The quantitative estimate of drug-likeness (QED) is 0.751. The molecule has 1 heterocycles. The van der Waals surface area contributed by atoms with E-state index in [4.69, 9.17) is 9.84 Å². The van der Waals surface area contributed by atoms with Crippen molar-refractivity contribution in [2.75, 3.05) is 18.5 Å². The molecule has 1 rings (SSSR count). The predicted octanol–water partition coefficient (Wildman–Crippen LogP) is 1.01. The molecule has 6 nitrogen and oxygen atoms in total. The Balaban J connectivity index is 2.69. The number of anilines is 1. The van der Waals surface area contributed by atoms with Crippen LogP contribution in [0.1, 0.15) is 24.3 Å². The standard InChI is InChI=1S/C10H15N3O3/c1-3-16-6-7(2)13-9-8(10(14)15)11-4-5-12-9/h4-5,7H,3,6H2,1-2H3,(H,12,13)(H,14,15). The van der Waals surface area contributed by atoms with Gasteiger partial charge in [0, 0.05) is 25.0 Å². The van der Waals surface area contributed by atoms with Crippen molar-refractivity contribution >= 4 is 11.8 Å². The van der Waals surface area contributed by atoms with Crippen LogP contribution in [0.4, 0.5) is 5.82 Å². The van der Waals surface area contributed by atoms with E-state index < -0.39 is 5.97 Å². The summed E-state index contributed by atoms with van der Waals surface area (Å²) in [6.07, 6.45) is 2.80. The average molecular weight is 225 g/mol. The minimum absolute atomic E-state index is 0.0188. The van der Waals surface area contributed by atoms with Crippen molar-refractivity contribution in [1.29, 1.82) is 0 Å². The van der Waals surface area contributed by atoms with Gasteiger partial charge in [-0.1, -0.05) is 0 Å². The largest absolute Gasteiger partial charge is 0.476 e. The summed E-state index contributed by atoms with van der Waals surface area (Å²) in [7, 11) is 0. The van der Waals surface area contributed by atoms with Crippen LogP contribution in [0.5, 0.6) is 0 Å². The number of nitrogens with zero attached hydrogens (tertiary/aromatic N) is 2. The smallest absolute Gasteiger partial charge is 0.358 e. The molecule has 0 spiro atoms. The van der Waals surface area contributed by atoms with Gasteiger partial charge < -0.3 is 15.2 Å². The van der Waals surface area contributed by atoms with Crippen LogP contribution in [0.2, 0.25) is 0 Å². The van der Waals surface area contributed by atoms with E-state index in [2.05, 4.69) is 15.3 Å². The van der Waals surface area contributed by atoms with E-state index in [0.29, 0.717) is 13.2 Å². The van der Waals surface area contributed by atoms with Gasteiger partial charge in [0.15, 0.2) is 11.5 Å². The van der Waals surface area contributed by atoms with E-state index in [-0.39, 0.29) is 17.6 Å².